The molecule has 0 saturated carbocycles. The van der Waals surface area contributed by atoms with Crippen molar-refractivity contribution in [3.63, 3.8) is 0 Å². The van der Waals surface area contributed by atoms with E-state index in [1.54, 1.807) is 0 Å². The van der Waals surface area contributed by atoms with Crippen molar-refractivity contribution in [3.05, 3.63) is 36.5 Å². The van der Waals surface area contributed by atoms with Gasteiger partial charge in [-0.05, 0) is 30.4 Å². The molecule has 0 aliphatic heterocycles. The maximum atomic E-state index is 12.5. The zero-order valence-corrected chi connectivity index (χ0v) is 13.9. The van der Waals surface area contributed by atoms with E-state index < -0.39 is 0 Å². The maximum Gasteiger partial charge on any atom is 0.224 e. The number of carbonyl (C=O) groups is 1. The summed E-state index contributed by atoms with van der Waals surface area (Å²) in [5.74, 6) is 0.291. The lowest BCUT2D eigenvalue weighted by Gasteiger charge is -2.22. The summed E-state index contributed by atoms with van der Waals surface area (Å²) < 4.78 is 2.19. The Labute approximate surface area is 133 Å². The molecule has 0 aliphatic carbocycles. The quantitative estimate of drug-likeness (QED) is 0.671. The van der Waals surface area contributed by atoms with Gasteiger partial charge in [0.2, 0.25) is 5.91 Å². The van der Waals surface area contributed by atoms with Crippen molar-refractivity contribution >= 4 is 16.8 Å². The van der Waals surface area contributed by atoms with E-state index in [9.17, 15) is 4.79 Å². The summed E-state index contributed by atoms with van der Waals surface area (Å²) in [5.41, 5.74) is 1.21. The third kappa shape index (κ3) is 4.36. The number of rotatable bonds is 9. The van der Waals surface area contributed by atoms with Crippen LogP contribution in [0.25, 0.3) is 10.9 Å². The molecule has 22 heavy (non-hydrogen) atoms. The molecule has 0 atom stereocenters. The Morgan fingerprint density at radius 3 is 2.41 bits per heavy atom. The molecule has 1 heterocycles. The molecule has 2 rings (SSSR count). The molecule has 0 N–H and O–H groups in total. The molecule has 2 aromatic rings. The van der Waals surface area contributed by atoms with Crippen LogP contribution < -0.4 is 0 Å². The average Bonchev–Trinajstić information content (AvgIpc) is 2.96. The van der Waals surface area contributed by atoms with Crippen LogP contribution in [0.5, 0.6) is 0 Å². The summed E-state index contributed by atoms with van der Waals surface area (Å²) in [4.78, 5) is 14.6. The van der Waals surface area contributed by atoms with Crippen molar-refractivity contribution in [1.29, 1.82) is 0 Å². The minimum Gasteiger partial charge on any atom is -0.347 e. The summed E-state index contributed by atoms with van der Waals surface area (Å²) in [5, 5.41) is 1.24. The van der Waals surface area contributed by atoms with E-state index in [0.717, 1.165) is 45.3 Å². The van der Waals surface area contributed by atoms with Gasteiger partial charge in [-0.25, -0.2) is 0 Å². The molecule has 0 bridgehead atoms. The number of hydrogen-bond donors (Lipinski definition) is 0. The van der Waals surface area contributed by atoms with Gasteiger partial charge in [-0.3, -0.25) is 4.79 Å². The first-order valence-corrected chi connectivity index (χ1v) is 8.58. The number of hydrogen-bond acceptors (Lipinski definition) is 1. The van der Waals surface area contributed by atoms with E-state index >= 15 is 0 Å². The molecule has 120 valence electrons. The second-order valence-electron chi connectivity index (χ2n) is 5.91. The summed E-state index contributed by atoms with van der Waals surface area (Å²) in [6.45, 7) is 6.92. The smallest absolute Gasteiger partial charge is 0.224 e. The van der Waals surface area contributed by atoms with Gasteiger partial charge in [-0.2, -0.15) is 0 Å². The Kier molecular flexibility index (Phi) is 6.50. The molecular weight excluding hydrogens is 272 g/mol. The van der Waals surface area contributed by atoms with Crippen LogP contribution in [0.3, 0.4) is 0 Å². The number of aromatic nitrogens is 1. The Balaban J connectivity index is 1.94. The van der Waals surface area contributed by atoms with Crippen molar-refractivity contribution in [1.82, 2.24) is 9.47 Å². The SMILES string of the molecule is CCCCN(CCCC)C(=O)CCn1ccc2ccccc21. The molecule has 3 heteroatoms. The van der Waals surface area contributed by atoms with Gasteiger partial charge in [0.15, 0.2) is 0 Å². The fourth-order valence-electron chi connectivity index (χ4n) is 2.77. The van der Waals surface area contributed by atoms with Gasteiger partial charge in [0.05, 0.1) is 0 Å². The van der Waals surface area contributed by atoms with Crippen molar-refractivity contribution in [2.45, 2.75) is 52.5 Å². The third-order valence-electron chi connectivity index (χ3n) is 4.16. The number of amides is 1. The predicted molar refractivity (Wildman–Crippen MR) is 93.0 cm³/mol. The van der Waals surface area contributed by atoms with E-state index in [1.807, 2.05) is 0 Å². The van der Waals surface area contributed by atoms with Crippen molar-refractivity contribution in [2.75, 3.05) is 13.1 Å². The monoisotopic (exact) mass is 300 g/mol. The summed E-state index contributed by atoms with van der Waals surface area (Å²) in [6, 6.07) is 10.4. The number of nitrogens with zero attached hydrogens (tertiary/aromatic N) is 2. The number of fused-ring (bicyclic) bond motifs is 1. The molecule has 1 aromatic heterocycles. The van der Waals surface area contributed by atoms with Gasteiger partial charge in [0.1, 0.15) is 0 Å². The van der Waals surface area contributed by atoms with E-state index in [4.69, 9.17) is 0 Å². The molecular formula is C19H28N2O. The third-order valence-corrected chi connectivity index (χ3v) is 4.16. The number of aryl methyl sites for hydroxylation is 1. The number of unbranched alkanes of at least 4 members (excludes halogenated alkanes) is 2. The molecule has 0 saturated heterocycles. The van der Waals surface area contributed by atoms with Gasteiger partial charge < -0.3 is 9.47 Å². The predicted octanol–water partition coefficient (Wildman–Crippen LogP) is 4.46. The maximum absolute atomic E-state index is 12.5. The molecule has 0 radical (unpaired) electrons. The second kappa shape index (κ2) is 8.62. The highest BCUT2D eigenvalue weighted by molar-refractivity contribution is 5.80. The van der Waals surface area contributed by atoms with Gasteiger partial charge in [0.25, 0.3) is 0 Å². The lowest BCUT2D eigenvalue weighted by molar-refractivity contribution is -0.131. The van der Waals surface area contributed by atoms with Gasteiger partial charge in [0, 0.05) is 37.8 Å². The Bertz CT molecular complexity index is 580. The van der Waals surface area contributed by atoms with Crippen LogP contribution in [0.15, 0.2) is 36.5 Å². The van der Waals surface area contributed by atoms with E-state index in [1.165, 1.54) is 10.9 Å². The Morgan fingerprint density at radius 1 is 1.05 bits per heavy atom. The highest BCUT2D eigenvalue weighted by atomic mass is 16.2. The van der Waals surface area contributed by atoms with Crippen LogP contribution in [0.4, 0.5) is 0 Å². The van der Waals surface area contributed by atoms with Crippen molar-refractivity contribution in [2.24, 2.45) is 0 Å². The largest absolute Gasteiger partial charge is 0.347 e. The van der Waals surface area contributed by atoms with Crippen molar-refractivity contribution in [3.8, 4) is 0 Å². The summed E-state index contributed by atoms with van der Waals surface area (Å²) in [6.07, 6.45) is 7.15. The second-order valence-corrected chi connectivity index (χ2v) is 5.91. The summed E-state index contributed by atoms with van der Waals surface area (Å²) >= 11 is 0. The van der Waals surface area contributed by atoms with Gasteiger partial charge in [-0.15, -0.1) is 0 Å². The molecule has 0 aliphatic rings. The fourth-order valence-corrected chi connectivity index (χ4v) is 2.77. The van der Waals surface area contributed by atoms with Gasteiger partial charge >= 0.3 is 0 Å². The topological polar surface area (TPSA) is 25.2 Å². The molecule has 0 spiro atoms. The minimum absolute atomic E-state index is 0.291. The van der Waals surface area contributed by atoms with Crippen LogP contribution in [0.2, 0.25) is 0 Å². The van der Waals surface area contributed by atoms with Crippen LogP contribution in [0, 0.1) is 0 Å². The van der Waals surface area contributed by atoms with Crippen LogP contribution >= 0.6 is 0 Å². The average molecular weight is 300 g/mol. The molecule has 1 aromatic carbocycles. The Hall–Kier alpha value is -1.77. The van der Waals surface area contributed by atoms with E-state index in [2.05, 4.69) is 59.8 Å². The van der Waals surface area contributed by atoms with Crippen molar-refractivity contribution < 1.29 is 4.79 Å². The zero-order chi connectivity index (χ0) is 15.8. The normalized spacial score (nSPS) is 11.0. The molecule has 1 amide bonds. The number of para-hydroxylation sites is 1. The Morgan fingerprint density at radius 2 is 1.73 bits per heavy atom. The molecule has 3 nitrogen and oxygen atoms in total. The lowest BCUT2D eigenvalue weighted by Crippen LogP contribution is -2.33. The molecule has 0 fully saturated rings. The standard InChI is InChI=1S/C19H28N2O/c1-3-5-13-21(14-6-4-2)19(22)12-16-20-15-11-17-9-7-8-10-18(17)20/h7-11,15H,3-6,12-14,16H2,1-2H3. The first-order chi connectivity index (χ1) is 10.8. The first kappa shape index (κ1) is 16.6. The van der Waals surface area contributed by atoms with E-state index in [-0.39, 0.29) is 0 Å². The summed E-state index contributed by atoms with van der Waals surface area (Å²) in [7, 11) is 0. The van der Waals surface area contributed by atoms with Crippen LogP contribution in [0.1, 0.15) is 46.0 Å². The first-order valence-electron chi connectivity index (χ1n) is 8.58. The minimum atomic E-state index is 0.291. The van der Waals surface area contributed by atoms with Crippen LogP contribution in [-0.2, 0) is 11.3 Å². The lowest BCUT2D eigenvalue weighted by atomic mass is 10.2. The highest BCUT2D eigenvalue weighted by Crippen LogP contribution is 2.15. The highest BCUT2D eigenvalue weighted by Gasteiger charge is 2.12. The van der Waals surface area contributed by atoms with Gasteiger partial charge in [-0.1, -0.05) is 44.9 Å². The van der Waals surface area contributed by atoms with E-state index in [0.29, 0.717) is 12.3 Å². The number of carbonyl (C=O) groups excluding carboxylic acids is 1. The number of benzene rings is 1. The fraction of sp³-hybridized carbons (Fsp3) is 0.526. The zero-order valence-electron chi connectivity index (χ0n) is 13.9. The molecule has 0 unspecified atom stereocenters. The van der Waals surface area contributed by atoms with Crippen LogP contribution in [-0.4, -0.2) is 28.5 Å².